The second kappa shape index (κ2) is 10.7. The van der Waals surface area contributed by atoms with Gasteiger partial charge in [-0.2, -0.15) is 0 Å². The molecule has 0 spiro atoms. The summed E-state index contributed by atoms with van der Waals surface area (Å²) in [6.07, 6.45) is 0. The Morgan fingerprint density at radius 1 is 1.14 bits per heavy atom. The molecule has 0 atom stereocenters. The molecule has 2 aromatic rings. The van der Waals surface area contributed by atoms with Crippen molar-refractivity contribution in [3.63, 3.8) is 0 Å². The van der Waals surface area contributed by atoms with Crippen LogP contribution in [0.4, 0.5) is 0 Å². The SMILES string of the molecule is CC.CCN(CC)C(=O)c1cc(C(=O)NCc2ccccc2)c2n1CCOC2. The first-order valence-electron chi connectivity index (χ1n) is 10.1. The largest absolute Gasteiger partial charge is 0.373 e. The van der Waals surface area contributed by atoms with Gasteiger partial charge < -0.3 is 19.5 Å². The quantitative estimate of drug-likeness (QED) is 0.828. The summed E-state index contributed by atoms with van der Waals surface area (Å²) in [6, 6.07) is 11.5. The van der Waals surface area contributed by atoms with Crippen LogP contribution in [-0.4, -0.2) is 41.0 Å². The number of carbonyl (C=O) groups is 2. The van der Waals surface area contributed by atoms with E-state index in [9.17, 15) is 9.59 Å². The van der Waals surface area contributed by atoms with Crippen LogP contribution >= 0.6 is 0 Å². The minimum absolute atomic E-state index is 0.0414. The standard InChI is InChI=1S/C20H25N3O3.C2H6/c1-3-22(4-2)20(25)17-12-16(18-14-26-11-10-23(17)18)19(24)21-13-15-8-6-5-7-9-15;1-2/h5-9,12H,3-4,10-11,13-14H2,1-2H3,(H,21,24);1-2H3. The first-order valence-corrected chi connectivity index (χ1v) is 10.1. The van der Waals surface area contributed by atoms with Crippen LogP contribution in [0.1, 0.15) is 59.8 Å². The van der Waals surface area contributed by atoms with Gasteiger partial charge in [0.2, 0.25) is 0 Å². The van der Waals surface area contributed by atoms with Gasteiger partial charge in [0.25, 0.3) is 11.8 Å². The Hall–Kier alpha value is -2.60. The third-order valence-corrected chi connectivity index (χ3v) is 4.72. The Morgan fingerprint density at radius 2 is 1.82 bits per heavy atom. The highest BCUT2D eigenvalue weighted by Crippen LogP contribution is 2.22. The van der Waals surface area contributed by atoms with E-state index in [1.807, 2.05) is 62.6 Å². The summed E-state index contributed by atoms with van der Waals surface area (Å²) in [5.41, 5.74) is 2.90. The van der Waals surface area contributed by atoms with E-state index < -0.39 is 0 Å². The number of fused-ring (bicyclic) bond motifs is 1. The number of nitrogens with zero attached hydrogens (tertiary/aromatic N) is 2. The zero-order valence-electron chi connectivity index (χ0n) is 17.3. The van der Waals surface area contributed by atoms with Crippen LogP contribution in [0.5, 0.6) is 0 Å². The summed E-state index contributed by atoms with van der Waals surface area (Å²) in [4.78, 5) is 27.3. The van der Waals surface area contributed by atoms with Crippen LogP contribution in [0.3, 0.4) is 0 Å². The number of amides is 2. The second-order valence-electron chi connectivity index (χ2n) is 6.24. The van der Waals surface area contributed by atoms with Gasteiger partial charge in [-0.15, -0.1) is 0 Å². The van der Waals surface area contributed by atoms with Crippen LogP contribution in [0.15, 0.2) is 36.4 Å². The third kappa shape index (κ3) is 4.81. The van der Waals surface area contributed by atoms with Gasteiger partial charge in [-0.25, -0.2) is 0 Å². The topological polar surface area (TPSA) is 63.6 Å². The van der Waals surface area contributed by atoms with Crippen LogP contribution in [0, 0.1) is 0 Å². The molecule has 2 amide bonds. The molecule has 0 unspecified atom stereocenters. The molecule has 6 nitrogen and oxygen atoms in total. The highest BCUT2D eigenvalue weighted by atomic mass is 16.5. The number of rotatable bonds is 6. The van der Waals surface area contributed by atoms with Crippen molar-refractivity contribution in [1.29, 1.82) is 0 Å². The monoisotopic (exact) mass is 385 g/mol. The van der Waals surface area contributed by atoms with Crippen molar-refractivity contribution in [2.24, 2.45) is 0 Å². The summed E-state index contributed by atoms with van der Waals surface area (Å²) >= 11 is 0. The molecule has 0 bridgehead atoms. The van der Waals surface area contributed by atoms with Gasteiger partial charge in [0.1, 0.15) is 5.69 Å². The van der Waals surface area contributed by atoms with Crippen molar-refractivity contribution in [2.75, 3.05) is 19.7 Å². The van der Waals surface area contributed by atoms with Crippen molar-refractivity contribution in [3.05, 3.63) is 58.9 Å². The maximum absolute atomic E-state index is 12.8. The van der Waals surface area contributed by atoms with Crippen LogP contribution in [0.2, 0.25) is 0 Å². The lowest BCUT2D eigenvalue weighted by atomic mass is 10.2. The number of carbonyl (C=O) groups excluding carboxylic acids is 2. The van der Waals surface area contributed by atoms with E-state index in [1.165, 1.54) is 0 Å². The number of hydrogen-bond donors (Lipinski definition) is 1. The molecule has 1 aromatic heterocycles. The van der Waals surface area contributed by atoms with Crippen LogP contribution in [-0.2, 0) is 24.4 Å². The number of hydrogen-bond acceptors (Lipinski definition) is 3. The lowest BCUT2D eigenvalue weighted by molar-refractivity contribution is 0.0702. The molecule has 6 heteroatoms. The summed E-state index contributed by atoms with van der Waals surface area (Å²) < 4.78 is 7.46. The zero-order valence-corrected chi connectivity index (χ0v) is 17.3. The molecule has 152 valence electrons. The average molecular weight is 386 g/mol. The molecule has 0 saturated heterocycles. The van der Waals surface area contributed by atoms with E-state index in [0.29, 0.717) is 50.7 Å². The van der Waals surface area contributed by atoms with E-state index in [4.69, 9.17) is 4.74 Å². The van der Waals surface area contributed by atoms with Gasteiger partial charge in [-0.3, -0.25) is 9.59 Å². The van der Waals surface area contributed by atoms with E-state index in [2.05, 4.69) is 5.32 Å². The van der Waals surface area contributed by atoms with Gasteiger partial charge in [-0.1, -0.05) is 44.2 Å². The summed E-state index contributed by atoms with van der Waals surface area (Å²) in [7, 11) is 0. The fourth-order valence-corrected chi connectivity index (χ4v) is 3.24. The normalized spacial score (nSPS) is 12.4. The number of aromatic nitrogens is 1. The summed E-state index contributed by atoms with van der Waals surface area (Å²) in [6.45, 7) is 11.1. The van der Waals surface area contributed by atoms with Gasteiger partial charge in [0.15, 0.2) is 0 Å². The van der Waals surface area contributed by atoms with E-state index in [-0.39, 0.29) is 11.8 Å². The number of benzene rings is 1. The smallest absolute Gasteiger partial charge is 0.270 e. The molecular weight excluding hydrogens is 354 g/mol. The Kier molecular flexibility index (Phi) is 8.26. The molecule has 0 radical (unpaired) electrons. The molecule has 0 fully saturated rings. The van der Waals surface area contributed by atoms with Crippen molar-refractivity contribution in [1.82, 2.24) is 14.8 Å². The van der Waals surface area contributed by atoms with Crippen molar-refractivity contribution in [2.45, 2.75) is 47.4 Å². The van der Waals surface area contributed by atoms with Gasteiger partial charge in [0.05, 0.1) is 24.5 Å². The Labute approximate surface area is 167 Å². The highest BCUT2D eigenvalue weighted by Gasteiger charge is 2.27. The van der Waals surface area contributed by atoms with Crippen molar-refractivity contribution >= 4 is 11.8 Å². The van der Waals surface area contributed by atoms with E-state index >= 15 is 0 Å². The maximum atomic E-state index is 12.8. The fraction of sp³-hybridized carbons (Fsp3) is 0.455. The fourth-order valence-electron chi connectivity index (χ4n) is 3.24. The second-order valence-corrected chi connectivity index (χ2v) is 6.24. The van der Waals surface area contributed by atoms with E-state index in [1.54, 1.807) is 11.0 Å². The van der Waals surface area contributed by atoms with Crippen LogP contribution < -0.4 is 5.32 Å². The minimum atomic E-state index is -0.179. The Balaban J connectivity index is 0.00000136. The maximum Gasteiger partial charge on any atom is 0.270 e. The van der Waals surface area contributed by atoms with Crippen molar-refractivity contribution < 1.29 is 14.3 Å². The molecule has 3 rings (SSSR count). The lowest BCUT2D eigenvalue weighted by Crippen LogP contribution is -2.33. The van der Waals surface area contributed by atoms with Crippen molar-refractivity contribution in [3.8, 4) is 0 Å². The van der Waals surface area contributed by atoms with Crippen LogP contribution in [0.25, 0.3) is 0 Å². The average Bonchev–Trinajstić information content (AvgIpc) is 3.15. The summed E-state index contributed by atoms with van der Waals surface area (Å²) in [5, 5.41) is 2.94. The lowest BCUT2D eigenvalue weighted by Gasteiger charge is -2.22. The first-order chi connectivity index (χ1) is 13.7. The van der Waals surface area contributed by atoms with Gasteiger partial charge >= 0.3 is 0 Å². The first kappa shape index (κ1) is 21.7. The number of ether oxygens (including phenoxy) is 1. The number of nitrogens with one attached hydrogen (secondary N) is 1. The predicted molar refractivity (Wildman–Crippen MR) is 110 cm³/mol. The van der Waals surface area contributed by atoms with Gasteiger partial charge in [-0.05, 0) is 25.5 Å². The molecular formula is C22H31N3O3. The Morgan fingerprint density at radius 3 is 2.46 bits per heavy atom. The minimum Gasteiger partial charge on any atom is -0.373 e. The molecule has 1 N–H and O–H groups in total. The third-order valence-electron chi connectivity index (χ3n) is 4.72. The Bertz CT molecular complexity index is 780. The van der Waals surface area contributed by atoms with E-state index in [0.717, 1.165) is 11.3 Å². The molecule has 1 aromatic carbocycles. The summed E-state index contributed by atoms with van der Waals surface area (Å²) in [5.74, 6) is -0.220. The predicted octanol–water partition coefficient (Wildman–Crippen LogP) is 3.46. The van der Waals surface area contributed by atoms with Gasteiger partial charge in [0, 0.05) is 26.2 Å². The molecule has 1 aliphatic heterocycles. The molecule has 28 heavy (non-hydrogen) atoms. The molecule has 2 heterocycles. The highest BCUT2D eigenvalue weighted by molar-refractivity contribution is 6.00. The molecule has 0 aliphatic carbocycles. The molecule has 1 aliphatic rings. The zero-order chi connectivity index (χ0) is 20.5. The molecule has 0 saturated carbocycles.